The number of hydrogen-bond acceptors (Lipinski definition) is 4. The smallest absolute Gasteiger partial charge is 0.309 e. The molecule has 0 fully saturated rings. The molecule has 0 aromatic heterocycles. The number of benzene rings is 1. The SMILES string of the molecule is CCOP(=O)(CC(=O)c1cc(F)c(Cl)cc1Cl)OCC. The molecule has 0 saturated carbocycles. The molecule has 0 radical (unpaired) electrons. The summed E-state index contributed by atoms with van der Waals surface area (Å²) in [4.78, 5) is 12.1. The Kier molecular flexibility index (Phi) is 6.62. The van der Waals surface area contributed by atoms with Crippen LogP contribution in [0, 0.1) is 5.82 Å². The van der Waals surface area contributed by atoms with Crippen LogP contribution in [0.15, 0.2) is 12.1 Å². The zero-order chi connectivity index (χ0) is 15.3. The van der Waals surface area contributed by atoms with Crippen molar-refractivity contribution < 1.29 is 22.8 Å². The molecule has 20 heavy (non-hydrogen) atoms. The molecule has 1 aromatic rings. The molecule has 0 bridgehead atoms. The summed E-state index contributed by atoms with van der Waals surface area (Å²) < 4.78 is 35.6. The molecular weight excluding hydrogens is 329 g/mol. The first-order chi connectivity index (χ1) is 9.33. The molecule has 0 aliphatic carbocycles. The van der Waals surface area contributed by atoms with E-state index < -0.39 is 25.4 Å². The summed E-state index contributed by atoms with van der Waals surface area (Å²) in [6.45, 7) is 3.52. The molecule has 8 heteroatoms. The van der Waals surface area contributed by atoms with Crippen molar-refractivity contribution in [3.63, 3.8) is 0 Å². The van der Waals surface area contributed by atoms with Gasteiger partial charge in [-0.2, -0.15) is 0 Å². The van der Waals surface area contributed by atoms with Crippen LogP contribution >= 0.6 is 30.8 Å². The Balaban J connectivity index is 3.01. The Labute approximate surface area is 126 Å². The molecule has 0 heterocycles. The molecule has 4 nitrogen and oxygen atoms in total. The quantitative estimate of drug-likeness (QED) is 0.413. The Morgan fingerprint density at radius 1 is 1.20 bits per heavy atom. The zero-order valence-electron chi connectivity index (χ0n) is 11.0. The van der Waals surface area contributed by atoms with Gasteiger partial charge in [0, 0.05) is 5.56 Å². The van der Waals surface area contributed by atoms with Gasteiger partial charge >= 0.3 is 7.60 Å². The first-order valence-electron chi connectivity index (χ1n) is 5.88. The highest BCUT2D eigenvalue weighted by atomic mass is 35.5. The van der Waals surface area contributed by atoms with E-state index in [1.165, 1.54) is 0 Å². The monoisotopic (exact) mass is 342 g/mol. The predicted molar refractivity (Wildman–Crippen MR) is 76.5 cm³/mol. The minimum absolute atomic E-state index is 0.0130. The van der Waals surface area contributed by atoms with Crippen LogP contribution in [0.1, 0.15) is 24.2 Å². The number of carbonyl (C=O) groups excluding carboxylic acids is 1. The van der Waals surface area contributed by atoms with Crippen LogP contribution in [0.25, 0.3) is 0 Å². The van der Waals surface area contributed by atoms with Gasteiger partial charge in [-0.15, -0.1) is 0 Å². The third kappa shape index (κ3) is 4.54. The van der Waals surface area contributed by atoms with Crippen molar-refractivity contribution in [3.05, 3.63) is 33.6 Å². The molecule has 1 aromatic carbocycles. The van der Waals surface area contributed by atoms with E-state index in [-0.39, 0.29) is 28.8 Å². The van der Waals surface area contributed by atoms with Crippen molar-refractivity contribution in [2.75, 3.05) is 19.4 Å². The lowest BCUT2D eigenvalue weighted by Gasteiger charge is -2.16. The van der Waals surface area contributed by atoms with Crippen LogP contribution in [0.4, 0.5) is 4.39 Å². The molecule has 0 atom stereocenters. The largest absolute Gasteiger partial charge is 0.338 e. The van der Waals surface area contributed by atoms with Crippen LogP contribution in [0.2, 0.25) is 10.0 Å². The zero-order valence-corrected chi connectivity index (χ0v) is 13.4. The van der Waals surface area contributed by atoms with Crippen molar-refractivity contribution >= 4 is 36.6 Å². The van der Waals surface area contributed by atoms with Gasteiger partial charge in [0.15, 0.2) is 5.78 Å². The van der Waals surface area contributed by atoms with Crippen LogP contribution in [-0.4, -0.2) is 25.2 Å². The van der Waals surface area contributed by atoms with E-state index in [9.17, 15) is 13.8 Å². The number of hydrogen-bond donors (Lipinski definition) is 0. The van der Waals surface area contributed by atoms with Crippen molar-refractivity contribution in [1.29, 1.82) is 0 Å². The summed E-state index contributed by atoms with van der Waals surface area (Å²) in [5, 5.41) is -0.203. The maximum atomic E-state index is 13.4. The predicted octanol–water partition coefficient (Wildman–Crippen LogP) is 4.58. The molecule has 0 N–H and O–H groups in total. The minimum Gasteiger partial charge on any atom is -0.309 e. The van der Waals surface area contributed by atoms with Gasteiger partial charge in [0.05, 0.1) is 23.3 Å². The summed E-state index contributed by atoms with van der Waals surface area (Å²) in [5.74, 6) is -1.40. The highest BCUT2D eigenvalue weighted by Gasteiger charge is 2.29. The Bertz CT molecular complexity index is 541. The van der Waals surface area contributed by atoms with Crippen LogP contribution in [0.3, 0.4) is 0 Å². The lowest BCUT2D eigenvalue weighted by atomic mass is 10.1. The fourth-order valence-electron chi connectivity index (χ4n) is 1.52. The van der Waals surface area contributed by atoms with Gasteiger partial charge in [0.25, 0.3) is 0 Å². The third-order valence-corrected chi connectivity index (χ3v) is 4.88. The van der Waals surface area contributed by atoms with Crippen molar-refractivity contribution in [2.45, 2.75) is 13.8 Å². The van der Waals surface area contributed by atoms with Crippen molar-refractivity contribution in [2.24, 2.45) is 0 Å². The normalized spacial score (nSPS) is 11.7. The molecule has 0 saturated heterocycles. The van der Waals surface area contributed by atoms with Gasteiger partial charge in [-0.3, -0.25) is 9.36 Å². The molecule has 0 spiro atoms. The first-order valence-corrected chi connectivity index (χ1v) is 8.37. The second kappa shape index (κ2) is 7.53. The van der Waals surface area contributed by atoms with E-state index in [2.05, 4.69) is 0 Å². The van der Waals surface area contributed by atoms with Crippen molar-refractivity contribution in [1.82, 2.24) is 0 Å². The fourth-order valence-corrected chi connectivity index (χ4v) is 3.57. The summed E-state index contributed by atoms with van der Waals surface area (Å²) in [6.07, 6.45) is -0.504. The van der Waals surface area contributed by atoms with Gasteiger partial charge in [-0.1, -0.05) is 23.2 Å². The number of ketones is 1. The van der Waals surface area contributed by atoms with E-state index in [0.717, 1.165) is 12.1 Å². The topological polar surface area (TPSA) is 52.6 Å². The summed E-state index contributed by atoms with van der Waals surface area (Å²) in [6, 6.07) is 2.03. The summed E-state index contributed by atoms with van der Waals surface area (Å²) in [5.41, 5.74) is -0.104. The number of halogens is 3. The van der Waals surface area contributed by atoms with Gasteiger partial charge in [0.2, 0.25) is 0 Å². The molecule has 0 unspecified atom stereocenters. The Morgan fingerprint density at radius 3 is 2.25 bits per heavy atom. The molecule has 0 aliphatic rings. The Morgan fingerprint density at radius 2 is 1.75 bits per heavy atom. The number of carbonyl (C=O) groups is 1. The first kappa shape index (κ1) is 17.6. The van der Waals surface area contributed by atoms with Crippen LogP contribution < -0.4 is 0 Å². The highest BCUT2D eigenvalue weighted by molar-refractivity contribution is 7.55. The number of Topliss-reactive ketones (excluding diaryl/α,β-unsaturated/α-hetero) is 1. The third-order valence-electron chi connectivity index (χ3n) is 2.30. The fraction of sp³-hybridized carbons (Fsp3) is 0.417. The molecule has 0 amide bonds. The van der Waals surface area contributed by atoms with E-state index in [1.807, 2.05) is 0 Å². The van der Waals surface area contributed by atoms with Gasteiger partial charge in [-0.25, -0.2) is 4.39 Å². The Hall–Kier alpha value is -0.450. The summed E-state index contributed by atoms with van der Waals surface area (Å²) >= 11 is 11.4. The summed E-state index contributed by atoms with van der Waals surface area (Å²) in [7, 11) is -3.55. The second-order valence-corrected chi connectivity index (χ2v) is 6.64. The van der Waals surface area contributed by atoms with Gasteiger partial charge < -0.3 is 9.05 Å². The highest BCUT2D eigenvalue weighted by Crippen LogP contribution is 2.48. The van der Waals surface area contributed by atoms with Gasteiger partial charge in [-0.05, 0) is 26.0 Å². The van der Waals surface area contributed by atoms with Gasteiger partial charge in [0.1, 0.15) is 12.0 Å². The van der Waals surface area contributed by atoms with Crippen molar-refractivity contribution in [3.8, 4) is 0 Å². The van der Waals surface area contributed by atoms with E-state index >= 15 is 0 Å². The maximum Gasteiger partial charge on any atom is 0.338 e. The number of rotatable bonds is 7. The average molecular weight is 343 g/mol. The lowest BCUT2D eigenvalue weighted by Crippen LogP contribution is -2.11. The second-order valence-electron chi connectivity index (χ2n) is 3.77. The average Bonchev–Trinajstić information content (AvgIpc) is 2.33. The lowest BCUT2D eigenvalue weighted by molar-refractivity contribution is 0.100. The maximum absolute atomic E-state index is 13.4. The van der Waals surface area contributed by atoms with E-state index in [1.54, 1.807) is 13.8 Å². The van der Waals surface area contributed by atoms with E-state index in [0.29, 0.717) is 0 Å². The molecule has 112 valence electrons. The van der Waals surface area contributed by atoms with Crippen LogP contribution in [0.5, 0.6) is 0 Å². The standard InChI is InChI=1S/C12H14Cl2FO4P/c1-3-18-20(17,19-4-2)7-12(16)8-5-11(15)10(14)6-9(8)13/h5-6H,3-4,7H2,1-2H3. The van der Waals surface area contributed by atoms with E-state index in [4.69, 9.17) is 32.2 Å². The molecule has 1 rings (SSSR count). The molecule has 0 aliphatic heterocycles. The molecular formula is C12H14Cl2FO4P. The minimum atomic E-state index is -3.55. The van der Waals surface area contributed by atoms with Crippen LogP contribution in [-0.2, 0) is 13.6 Å².